The number of fused-ring (bicyclic) bond motifs is 1. The SMILES string of the molecule is CC(C)c1nccn1CCCNS(=O)(=O)c1ccc2c(c1)OCCCO2. The lowest BCUT2D eigenvalue weighted by molar-refractivity contribution is 0.297. The van der Waals surface area contributed by atoms with Gasteiger partial charge >= 0.3 is 0 Å². The summed E-state index contributed by atoms with van der Waals surface area (Å²) in [6, 6.07) is 4.72. The van der Waals surface area contributed by atoms with Crippen molar-refractivity contribution < 1.29 is 17.9 Å². The van der Waals surface area contributed by atoms with Gasteiger partial charge in [0.2, 0.25) is 10.0 Å². The van der Waals surface area contributed by atoms with Crippen LogP contribution in [0.2, 0.25) is 0 Å². The highest BCUT2D eigenvalue weighted by atomic mass is 32.2. The molecule has 3 rings (SSSR count). The highest BCUT2D eigenvalue weighted by Crippen LogP contribution is 2.31. The van der Waals surface area contributed by atoms with Gasteiger partial charge < -0.3 is 14.0 Å². The zero-order valence-electron chi connectivity index (χ0n) is 15.1. The zero-order chi connectivity index (χ0) is 18.6. The van der Waals surface area contributed by atoms with Crippen LogP contribution in [0.3, 0.4) is 0 Å². The number of benzene rings is 1. The molecule has 0 spiro atoms. The van der Waals surface area contributed by atoms with Gasteiger partial charge in [0.15, 0.2) is 11.5 Å². The Hall–Kier alpha value is -2.06. The van der Waals surface area contributed by atoms with Crippen LogP contribution in [0.25, 0.3) is 0 Å². The first-order valence-electron chi connectivity index (χ1n) is 8.88. The number of rotatable bonds is 7. The highest BCUT2D eigenvalue weighted by Gasteiger charge is 2.18. The molecule has 1 aliphatic rings. The number of imidazole rings is 1. The number of aryl methyl sites for hydroxylation is 1. The van der Waals surface area contributed by atoms with E-state index < -0.39 is 10.0 Å². The molecule has 1 aliphatic heterocycles. The molecule has 1 aromatic heterocycles. The molecule has 1 aromatic carbocycles. The summed E-state index contributed by atoms with van der Waals surface area (Å²) in [6.45, 7) is 6.35. The molecule has 2 heterocycles. The third kappa shape index (κ3) is 4.37. The summed E-state index contributed by atoms with van der Waals surface area (Å²) in [5.41, 5.74) is 0. The second-order valence-electron chi connectivity index (χ2n) is 6.54. The predicted molar refractivity (Wildman–Crippen MR) is 98.2 cm³/mol. The summed E-state index contributed by atoms with van der Waals surface area (Å²) < 4.78 is 40.8. The Kier molecular flexibility index (Phi) is 5.83. The van der Waals surface area contributed by atoms with Gasteiger partial charge in [0.05, 0.1) is 18.1 Å². The Morgan fingerprint density at radius 3 is 2.77 bits per heavy atom. The molecular formula is C18H25N3O4S. The van der Waals surface area contributed by atoms with E-state index in [1.165, 1.54) is 6.07 Å². The first-order valence-corrected chi connectivity index (χ1v) is 10.4. The lowest BCUT2D eigenvalue weighted by atomic mass is 10.2. The summed E-state index contributed by atoms with van der Waals surface area (Å²) in [5, 5.41) is 0. The molecule has 0 atom stereocenters. The van der Waals surface area contributed by atoms with Crippen molar-refractivity contribution in [2.45, 2.75) is 44.0 Å². The first kappa shape index (κ1) is 18.7. The lowest BCUT2D eigenvalue weighted by Crippen LogP contribution is -2.25. The lowest BCUT2D eigenvalue weighted by Gasteiger charge is -2.12. The number of hydrogen-bond acceptors (Lipinski definition) is 5. The first-order chi connectivity index (χ1) is 12.5. The summed E-state index contributed by atoms with van der Waals surface area (Å²) in [5.74, 6) is 2.41. The number of aromatic nitrogens is 2. The smallest absolute Gasteiger partial charge is 0.240 e. The number of nitrogens with one attached hydrogen (secondary N) is 1. The topological polar surface area (TPSA) is 82.5 Å². The minimum atomic E-state index is -3.58. The van der Waals surface area contributed by atoms with Crippen molar-refractivity contribution in [1.82, 2.24) is 14.3 Å². The molecule has 0 fully saturated rings. The fourth-order valence-corrected chi connectivity index (χ4v) is 3.95. The van der Waals surface area contributed by atoms with Crippen LogP contribution in [0.4, 0.5) is 0 Å². The Bertz CT molecular complexity index is 846. The number of sulfonamides is 1. The van der Waals surface area contributed by atoms with E-state index in [0.29, 0.717) is 43.6 Å². The quantitative estimate of drug-likeness (QED) is 0.748. The highest BCUT2D eigenvalue weighted by molar-refractivity contribution is 7.89. The fraction of sp³-hybridized carbons (Fsp3) is 0.500. The maximum atomic E-state index is 12.5. The molecule has 8 heteroatoms. The van der Waals surface area contributed by atoms with E-state index in [-0.39, 0.29) is 4.90 Å². The second-order valence-corrected chi connectivity index (χ2v) is 8.31. The van der Waals surface area contributed by atoms with Gasteiger partial charge in [-0.05, 0) is 18.6 Å². The summed E-state index contributed by atoms with van der Waals surface area (Å²) in [6.07, 6.45) is 5.16. The predicted octanol–water partition coefficient (Wildman–Crippen LogP) is 2.54. The van der Waals surface area contributed by atoms with Crippen LogP contribution in [0.1, 0.15) is 38.4 Å². The third-order valence-corrected chi connectivity index (χ3v) is 5.62. The molecule has 7 nitrogen and oxygen atoms in total. The number of nitrogens with zero attached hydrogens (tertiary/aromatic N) is 2. The van der Waals surface area contributed by atoms with Crippen molar-refractivity contribution in [2.75, 3.05) is 19.8 Å². The molecule has 0 unspecified atom stereocenters. The zero-order valence-corrected chi connectivity index (χ0v) is 16.0. The number of ether oxygens (including phenoxy) is 2. The molecule has 1 N–H and O–H groups in total. The summed E-state index contributed by atoms with van der Waals surface area (Å²) in [4.78, 5) is 4.53. The van der Waals surface area contributed by atoms with Crippen molar-refractivity contribution in [3.63, 3.8) is 0 Å². The van der Waals surface area contributed by atoms with E-state index in [1.807, 2.05) is 6.20 Å². The van der Waals surface area contributed by atoms with Gasteiger partial charge in [-0.2, -0.15) is 0 Å². The van der Waals surface area contributed by atoms with Crippen molar-refractivity contribution in [2.24, 2.45) is 0 Å². The van der Waals surface area contributed by atoms with Crippen LogP contribution < -0.4 is 14.2 Å². The van der Waals surface area contributed by atoms with Crippen molar-refractivity contribution in [3.8, 4) is 11.5 Å². The van der Waals surface area contributed by atoms with Crippen LogP contribution in [0, 0.1) is 0 Å². The molecule has 142 valence electrons. The van der Waals surface area contributed by atoms with Gasteiger partial charge in [-0.25, -0.2) is 18.1 Å². The Balaban J connectivity index is 1.59. The van der Waals surface area contributed by atoms with Crippen LogP contribution in [-0.2, 0) is 16.6 Å². The van der Waals surface area contributed by atoms with E-state index in [4.69, 9.17) is 9.47 Å². The fourth-order valence-electron chi connectivity index (χ4n) is 2.86. The number of hydrogen-bond donors (Lipinski definition) is 1. The van der Waals surface area contributed by atoms with E-state index in [1.54, 1.807) is 18.3 Å². The van der Waals surface area contributed by atoms with Gasteiger partial charge in [0.25, 0.3) is 0 Å². The van der Waals surface area contributed by atoms with Crippen molar-refractivity contribution >= 4 is 10.0 Å². The average molecular weight is 379 g/mol. The Morgan fingerprint density at radius 1 is 1.23 bits per heavy atom. The molecule has 0 aliphatic carbocycles. The third-order valence-electron chi connectivity index (χ3n) is 4.16. The molecule has 0 saturated heterocycles. The van der Waals surface area contributed by atoms with E-state index in [2.05, 4.69) is 28.1 Å². The maximum absolute atomic E-state index is 12.5. The normalized spacial score (nSPS) is 14.4. The van der Waals surface area contributed by atoms with E-state index in [9.17, 15) is 8.42 Å². The van der Waals surface area contributed by atoms with Crippen LogP contribution in [-0.4, -0.2) is 37.7 Å². The maximum Gasteiger partial charge on any atom is 0.240 e. The largest absolute Gasteiger partial charge is 0.490 e. The molecule has 26 heavy (non-hydrogen) atoms. The standard InChI is InChI=1S/C18H25N3O4S/c1-14(2)18-19-8-10-21(18)9-3-7-20-26(22,23)15-5-6-16-17(13-15)25-12-4-11-24-16/h5-6,8,10,13-14,20H,3-4,7,9,11-12H2,1-2H3. The van der Waals surface area contributed by atoms with Crippen LogP contribution in [0.5, 0.6) is 11.5 Å². The molecule has 0 bridgehead atoms. The van der Waals surface area contributed by atoms with E-state index >= 15 is 0 Å². The van der Waals surface area contributed by atoms with E-state index in [0.717, 1.165) is 18.8 Å². The van der Waals surface area contributed by atoms with Gasteiger partial charge in [-0.3, -0.25) is 0 Å². The van der Waals surface area contributed by atoms with Crippen molar-refractivity contribution in [1.29, 1.82) is 0 Å². The summed E-state index contributed by atoms with van der Waals surface area (Å²) >= 11 is 0. The monoisotopic (exact) mass is 379 g/mol. The Labute approximate surface area is 154 Å². The molecule has 0 saturated carbocycles. The molecular weight excluding hydrogens is 354 g/mol. The minimum absolute atomic E-state index is 0.187. The van der Waals surface area contributed by atoms with Crippen LogP contribution >= 0.6 is 0 Å². The molecule has 0 amide bonds. The second kappa shape index (κ2) is 8.09. The molecule has 0 radical (unpaired) electrons. The van der Waals surface area contributed by atoms with Gasteiger partial charge in [0, 0.05) is 43.9 Å². The van der Waals surface area contributed by atoms with Gasteiger partial charge in [0.1, 0.15) is 5.82 Å². The van der Waals surface area contributed by atoms with Crippen LogP contribution in [0.15, 0.2) is 35.5 Å². The van der Waals surface area contributed by atoms with Gasteiger partial charge in [-0.1, -0.05) is 13.8 Å². The average Bonchev–Trinajstić information content (AvgIpc) is 2.95. The van der Waals surface area contributed by atoms with Crippen molar-refractivity contribution in [3.05, 3.63) is 36.4 Å². The summed E-state index contributed by atoms with van der Waals surface area (Å²) in [7, 11) is -3.58. The molecule has 2 aromatic rings. The minimum Gasteiger partial charge on any atom is -0.490 e. The Morgan fingerprint density at radius 2 is 2.00 bits per heavy atom. The van der Waals surface area contributed by atoms with Gasteiger partial charge in [-0.15, -0.1) is 0 Å².